The van der Waals surface area contributed by atoms with Crippen molar-refractivity contribution in [1.29, 1.82) is 0 Å². The highest BCUT2D eigenvalue weighted by molar-refractivity contribution is 7.89. The van der Waals surface area contributed by atoms with Crippen molar-refractivity contribution in [2.75, 3.05) is 13.1 Å². The lowest BCUT2D eigenvalue weighted by molar-refractivity contribution is -0.120. The van der Waals surface area contributed by atoms with E-state index >= 15 is 0 Å². The third-order valence-corrected chi connectivity index (χ3v) is 4.07. The lowest BCUT2D eigenvalue weighted by Crippen LogP contribution is -2.30. The van der Waals surface area contributed by atoms with E-state index < -0.39 is 10.0 Å². The Kier molecular flexibility index (Phi) is 5.84. The summed E-state index contributed by atoms with van der Waals surface area (Å²) in [6.07, 6.45) is 0.0819. The van der Waals surface area contributed by atoms with Crippen LogP contribution in [0.4, 0.5) is 0 Å². The molecule has 0 fully saturated rings. The van der Waals surface area contributed by atoms with Crippen LogP contribution in [-0.4, -0.2) is 33.2 Å². The first-order chi connectivity index (χ1) is 9.36. The van der Waals surface area contributed by atoms with E-state index in [4.69, 9.17) is 0 Å². The van der Waals surface area contributed by atoms with Gasteiger partial charge in [0.2, 0.25) is 15.9 Å². The summed E-state index contributed by atoms with van der Waals surface area (Å²) >= 11 is 0. The Labute approximate surface area is 118 Å². The molecule has 0 aromatic heterocycles. The molecule has 110 valence electrons. The van der Waals surface area contributed by atoms with Crippen LogP contribution in [0.15, 0.2) is 29.2 Å². The fourth-order valence-corrected chi connectivity index (χ4v) is 2.57. The van der Waals surface area contributed by atoms with Crippen LogP contribution in [0.2, 0.25) is 0 Å². The first-order valence-corrected chi connectivity index (χ1v) is 7.72. The summed E-state index contributed by atoms with van der Waals surface area (Å²) in [5, 5.41) is 2.58. The fourth-order valence-electron chi connectivity index (χ4n) is 1.54. The predicted octanol–water partition coefficient (Wildman–Crippen LogP) is 0.694. The second-order valence-corrected chi connectivity index (χ2v) is 5.95. The molecule has 1 amide bonds. The second-order valence-electron chi connectivity index (χ2n) is 4.18. The Morgan fingerprint density at radius 3 is 2.25 bits per heavy atom. The van der Waals surface area contributed by atoms with E-state index in [1.807, 2.05) is 0 Å². The summed E-state index contributed by atoms with van der Waals surface area (Å²) in [4.78, 5) is 22.4. The highest BCUT2D eigenvalue weighted by atomic mass is 32.2. The molecule has 7 heteroatoms. The number of benzene rings is 1. The van der Waals surface area contributed by atoms with Crippen LogP contribution in [0.1, 0.15) is 30.6 Å². The van der Waals surface area contributed by atoms with Gasteiger partial charge in [-0.3, -0.25) is 9.59 Å². The van der Waals surface area contributed by atoms with Crippen LogP contribution in [0, 0.1) is 0 Å². The number of hydrogen-bond donors (Lipinski definition) is 2. The summed E-state index contributed by atoms with van der Waals surface area (Å²) in [6, 6.07) is 5.65. The molecule has 0 heterocycles. The summed E-state index contributed by atoms with van der Waals surface area (Å²) in [5.41, 5.74) is 0.450. The number of amides is 1. The van der Waals surface area contributed by atoms with Gasteiger partial charge in [-0.15, -0.1) is 0 Å². The molecule has 20 heavy (non-hydrogen) atoms. The van der Waals surface area contributed by atoms with Crippen molar-refractivity contribution in [2.24, 2.45) is 0 Å². The number of nitrogens with one attached hydrogen (secondary N) is 2. The number of rotatable bonds is 7. The number of carbonyl (C=O) groups is 2. The van der Waals surface area contributed by atoms with Crippen LogP contribution < -0.4 is 10.0 Å². The van der Waals surface area contributed by atoms with E-state index in [2.05, 4.69) is 10.0 Å². The maximum Gasteiger partial charge on any atom is 0.240 e. The van der Waals surface area contributed by atoms with Crippen LogP contribution >= 0.6 is 0 Å². The van der Waals surface area contributed by atoms with Crippen molar-refractivity contribution in [3.8, 4) is 0 Å². The first kappa shape index (κ1) is 16.3. The molecule has 0 aliphatic rings. The molecule has 0 radical (unpaired) electrons. The summed E-state index contributed by atoms with van der Waals surface area (Å²) < 4.78 is 26.2. The van der Waals surface area contributed by atoms with Gasteiger partial charge in [-0.05, 0) is 26.0 Å². The standard InChI is InChI=1S/C13H18N2O4S/c1-3-14-13(17)8-9-15-20(18,19)12-6-4-11(5-7-12)10(2)16/h4-7,15H,3,8-9H2,1-2H3,(H,14,17). The molecule has 1 rings (SSSR count). The van der Waals surface area contributed by atoms with E-state index in [1.165, 1.54) is 31.2 Å². The predicted molar refractivity (Wildman–Crippen MR) is 74.9 cm³/mol. The van der Waals surface area contributed by atoms with Crippen molar-refractivity contribution in [1.82, 2.24) is 10.0 Å². The Balaban J connectivity index is 2.64. The molecule has 0 aliphatic heterocycles. The molecule has 0 bridgehead atoms. The van der Waals surface area contributed by atoms with Gasteiger partial charge in [0, 0.05) is 25.1 Å². The highest BCUT2D eigenvalue weighted by Crippen LogP contribution is 2.10. The lowest BCUT2D eigenvalue weighted by Gasteiger charge is -2.07. The van der Waals surface area contributed by atoms with Gasteiger partial charge < -0.3 is 5.32 Å². The topological polar surface area (TPSA) is 92.3 Å². The number of Topliss-reactive ketones (excluding diaryl/α,β-unsaturated/α-hetero) is 1. The van der Waals surface area contributed by atoms with E-state index in [0.29, 0.717) is 12.1 Å². The Morgan fingerprint density at radius 2 is 1.75 bits per heavy atom. The van der Waals surface area contributed by atoms with E-state index in [1.54, 1.807) is 6.92 Å². The molecule has 0 spiro atoms. The largest absolute Gasteiger partial charge is 0.356 e. The number of ketones is 1. The Bertz CT molecular complexity index is 579. The molecule has 6 nitrogen and oxygen atoms in total. The zero-order valence-electron chi connectivity index (χ0n) is 11.5. The molecular weight excluding hydrogens is 280 g/mol. The quantitative estimate of drug-likeness (QED) is 0.725. The lowest BCUT2D eigenvalue weighted by atomic mass is 10.2. The maximum absolute atomic E-state index is 11.9. The average Bonchev–Trinajstić information content (AvgIpc) is 2.39. The molecule has 2 N–H and O–H groups in total. The minimum Gasteiger partial charge on any atom is -0.356 e. The molecule has 0 saturated heterocycles. The fraction of sp³-hybridized carbons (Fsp3) is 0.385. The number of sulfonamides is 1. The molecule has 0 atom stereocenters. The van der Waals surface area contributed by atoms with Gasteiger partial charge in [-0.2, -0.15) is 0 Å². The molecule has 0 aliphatic carbocycles. The monoisotopic (exact) mass is 298 g/mol. The zero-order chi connectivity index (χ0) is 15.2. The summed E-state index contributed by atoms with van der Waals surface area (Å²) in [5.74, 6) is -0.333. The van der Waals surface area contributed by atoms with Crippen molar-refractivity contribution in [2.45, 2.75) is 25.2 Å². The second kappa shape index (κ2) is 7.16. The van der Waals surface area contributed by atoms with Crippen LogP contribution in [0.25, 0.3) is 0 Å². The first-order valence-electron chi connectivity index (χ1n) is 6.24. The average molecular weight is 298 g/mol. The van der Waals surface area contributed by atoms with Crippen molar-refractivity contribution in [3.63, 3.8) is 0 Å². The third-order valence-electron chi connectivity index (χ3n) is 2.59. The van der Waals surface area contributed by atoms with Gasteiger partial charge in [-0.25, -0.2) is 13.1 Å². The molecule has 1 aromatic rings. The number of hydrogen-bond acceptors (Lipinski definition) is 4. The van der Waals surface area contributed by atoms with Crippen molar-refractivity contribution < 1.29 is 18.0 Å². The highest BCUT2D eigenvalue weighted by Gasteiger charge is 2.14. The molecule has 1 aromatic carbocycles. The van der Waals surface area contributed by atoms with Gasteiger partial charge >= 0.3 is 0 Å². The van der Waals surface area contributed by atoms with Gasteiger partial charge in [0.05, 0.1) is 4.90 Å². The van der Waals surface area contributed by atoms with E-state index in [0.717, 1.165) is 0 Å². The summed E-state index contributed by atoms with van der Waals surface area (Å²) in [6.45, 7) is 3.74. The third kappa shape index (κ3) is 4.75. The van der Waals surface area contributed by atoms with Crippen molar-refractivity contribution in [3.05, 3.63) is 29.8 Å². The molecule has 0 unspecified atom stereocenters. The molecular formula is C13H18N2O4S. The maximum atomic E-state index is 11.9. The Morgan fingerprint density at radius 1 is 1.15 bits per heavy atom. The smallest absolute Gasteiger partial charge is 0.240 e. The number of carbonyl (C=O) groups excluding carboxylic acids is 2. The summed E-state index contributed by atoms with van der Waals surface area (Å²) in [7, 11) is -3.65. The minimum absolute atomic E-state index is 0.0304. The van der Waals surface area contributed by atoms with E-state index in [9.17, 15) is 18.0 Å². The van der Waals surface area contributed by atoms with Crippen LogP contribution in [-0.2, 0) is 14.8 Å². The van der Waals surface area contributed by atoms with Gasteiger partial charge in [0.15, 0.2) is 5.78 Å². The van der Waals surface area contributed by atoms with Crippen LogP contribution in [0.3, 0.4) is 0 Å². The SMILES string of the molecule is CCNC(=O)CCNS(=O)(=O)c1ccc(C(C)=O)cc1. The zero-order valence-corrected chi connectivity index (χ0v) is 12.3. The van der Waals surface area contributed by atoms with Crippen LogP contribution in [0.5, 0.6) is 0 Å². The van der Waals surface area contributed by atoms with Crippen molar-refractivity contribution >= 4 is 21.7 Å². The van der Waals surface area contributed by atoms with Gasteiger partial charge in [0.1, 0.15) is 0 Å². The van der Waals surface area contributed by atoms with Gasteiger partial charge in [-0.1, -0.05) is 12.1 Å². The minimum atomic E-state index is -3.65. The van der Waals surface area contributed by atoms with Gasteiger partial charge in [0.25, 0.3) is 0 Å². The normalized spacial score (nSPS) is 11.1. The van der Waals surface area contributed by atoms with E-state index in [-0.39, 0.29) is 29.6 Å². The molecule has 0 saturated carbocycles. The Hall–Kier alpha value is -1.73.